The van der Waals surface area contributed by atoms with Crippen LogP contribution >= 0.6 is 0 Å². The number of carbonyl (C=O) groups excluding carboxylic acids is 3. The first-order valence-electron chi connectivity index (χ1n) is 9.91. The fraction of sp³-hybridized carbons (Fsp3) is 0.579. The number of primary amides is 1. The Morgan fingerprint density at radius 3 is 2.50 bits per heavy atom. The van der Waals surface area contributed by atoms with E-state index in [2.05, 4.69) is 10.3 Å². The summed E-state index contributed by atoms with van der Waals surface area (Å²) < 4.78 is 65.4. The van der Waals surface area contributed by atoms with Crippen LogP contribution in [0.25, 0.3) is 0 Å². The molecule has 32 heavy (non-hydrogen) atoms. The SMILES string of the molecule is C[C@@H]1CC[C@H](N(C(=O)CC[C@H](C)C(N)=O)S(=O)(=O)c2ccc(C(F)(F)F)cn2)C(=O)CN1. The molecule has 0 saturated carbocycles. The van der Waals surface area contributed by atoms with E-state index in [9.17, 15) is 36.0 Å². The predicted octanol–water partition coefficient (Wildman–Crippen LogP) is 1.23. The van der Waals surface area contributed by atoms with Gasteiger partial charge in [-0.3, -0.25) is 14.4 Å². The molecule has 0 spiro atoms. The van der Waals surface area contributed by atoms with Crippen molar-refractivity contribution in [2.45, 2.75) is 62.8 Å². The summed E-state index contributed by atoms with van der Waals surface area (Å²) >= 11 is 0. The summed E-state index contributed by atoms with van der Waals surface area (Å²) in [5.41, 5.74) is 4.02. The Bertz CT molecular complexity index is 966. The molecule has 3 N–H and O–H groups in total. The number of nitrogens with two attached hydrogens (primary N) is 1. The van der Waals surface area contributed by atoms with Crippen molar-refractivity contribution in [1.29, 1.82) is 0 Å². The molecule has 9 nitrogen and oxygen atoms in total. The lowest BCUT2D eigenvalue weighted by Crippen LogP contribution is -2.49. The second-order valence-electron chi connectivity index (χ2n) is 7.76. The first kappa shape index (κ1) is 25.7. The second kappa shape index (κ2) is 9.94. The molecule has 0 unspecified atom stereocenters. The van der Waals surface area contributed by atoms with Crippen LogP contribution in [0.15, 0.2) is 23.4 Å². The number of amides is 2. The van der Waals surface area contributed by atoms with Crippen LogP contribution in [-0.2, 0) is 30.6 Å². The minimum atomic E-state index is -4.76. The Hall–Kier alpha value is -2.54. The lowest BCUT2D eigenvalue weighted by Gasteiger charge is -2.29. The van der Waals surface area contributed by atoms with Crippen LogP contribution in [0, 0.1) is 5.92 Å². The van der Waals surface area contributed by atoms with Gasteiger partial charge in [0.25, 0.3) is 10.0 Å². The molecule has 1 aromatic heterocycles. The van der Waals surface area contributed by atoms with E-state index < -0.39 is 62.8 Å². The van der Waals surface area contributed by atoms with E-state index in [4.69, 9.17) is 5.73 Å². The third kappa shape index (κ3) is 6.03. The zero-order valence-corrected chi connectivity index (χ0v) is 18.4. The van der Waals surface area contributed by atoms with Crippen molar-refractivity contribution >= 4 is 27.6 Å². The fourth-order valence-corrected chi connectivity index (χ4v) is 4.73. The molecule has 1 aliphatic rings. The largest absolute Gasteiger partial charge is 0.417 e. The van der Waals surface area contributed by atoms with Gasteiger partial charge in [0.2, 0.25) is 11.8 Å². The number of halogens is 3. The molecule has 1 saturated heterocycles. The van der Waals surface area contributed by atoms with Crippen molar-refractivity contribution in [3.05, 3.63) is 23.9 Å². The van der Waals surface area contributed by atoms with Gasteiger partial charge in [-0.25, -0.2) is 9.29 Å². The number of hydrogen-bond donors (Lipinski definition) is 2. The molecule has 0 aromatic carbocycles. The third-order valence-corrected chi connectivity index (χ3v) is 7.01. The first-order chi connectivity index (χ1) is 14.7. The number of hydrogen-bond acceptors (Lipinski definition) is 7. The highest BCUT2D eigenvalue weighted by molar-refractivity contribution is 7.89. The highest BCUT2D eigenvalue weighted by Crippen LogP contribution is 2.30. The highest BCUT2D eigenvalue weighted by atomic mass is 32.2. The minimum Gasteiger partial charge on any atom is -0.369 e. The van der Waals surface area contributed by atoms with Crippen LogP contribution in [-0.4, -0.2) is 53.9 Å². The number of nitrogens with one attached hydrogen (secondary N) is 1. The molecule has 1 fully saturated rings. The lowest BCUT2D eigenvalue weighted by molar-refractivity contribution is -0.138. The summed E-state index contributed by atoms with van der Waals surface area (Å²) in [7, 11) is -4.76. The van der Waals surface area contributed by atoms with Gasteiger partial charge in [0.15, 0.2) is 10.8 Å². The van der Waals surface area contributed by atoms with Gasteiger partial charge in [-0.1, -0.05) is 6.92 Å². The molecular weight excluding hydrogens is 453 g/mol. The van der Waals surface area contributed by atoms with Gasteiger partial charge in [0.05, 0.1) is 12.1 Å². The number of pyridine rings is 1. The Labute approximate surface area is 183 Å². The number of alkyl halides is 3. The van der Waals surface area contributed by atoms with Gasteiger partial charge < -0.3 is 11.1 Å². The quantitative estimate of drug-likeness (QED) is 0.601. The van der Waals surface area contributed by atoms with Crippen molar-refractivity contribution < 1.29 is 36.0 Å². The number of aromatic nitrogens is 1. The maximum absolute atomic E-state index is 13.2. The molecule has 2 amide bonds. The molecule has 3 atom stereocenters. The Balaban J connectivity index is 2.45. The average Bonchev–Trinajstić information content (AvgIpc) is 2.87. The van der Waals surface area contributed by atoms with E-state index in [1.54, 1.807) is 6.92 Å². The first-order valence-corrected chi connectivity index (χ1v) is 11.3. The van der Waals surface area contributed by atoms with Crippen LogP contribution in [0.5, 0.6) is 0 Å². The number of rotatable bonds is 7. The molecular formula is C19H25F3N4O5S. The summed E-state index contributed by atoms with van der Waals surface area (Å²) in [4.78, 5) is 40.3. The van der Waals surface area contributed by atoms with E-state index >= 15 is 0 Å². The number of sulfonamides is 1. The number of nitrogens with zero attached hydrogens (tertiary/aromatic N) is 2. The standard InChI is InChI=1S/C19H25F3N4O5S/c1-11(18(23)29)3-8-17(28)26(14-6-4-12(2)24-10-15(14)27)32(30,31)16-7-5-13(9-25-16)19(20,21)22/h5,7,9,11-12,14,24H,3-4,6,8,10H2,1-2H3,(H2,23,29)/t11-,12+,14-/m0/s1. The Kier molecular flexibility index (Phi) is 7.99. The van der Waals surface area contributed by atoms with Crippen molar-refractivity contribution in [3.8, 4) is 0 Å². The van der Waals surface area contributed by atoms with Crippen molar-refractivity contribution in [1.82, 2.24) is 14.6 Å². The Morgan fingerprint density at radius 2 is 1.97 bits per heavy atom. The molecule has 0 bridgehead atoms. The van der Waals surface area contributed by atoms with Gasteiger partial charge >= 0.3 is 6.18 Å². The topological polar surface area (TPSA) is 140 Å². The molecule has 0 aliphatic carbocycles. The van der Waals surface area contributed by atoms with E-state index in [1.807, 2.05) is 0 Å². The lowest BCUT2D eigenvalue weighted by atomic mass is 10.0. The van der Waals surface area contributed by atoms with Crippen molar-refractivity contribution in [2.24, 2.45) is 11.7 Å². The van der Waals surface area contributed by atoms with E-state index in [1.165, 1.54) is 6.92 Å². The minimum absolute atomic E-state index is 0.0317. The summed E-state index contributed by atoms with van der Waals surface area (Å²) in [5, 5.41) is 2.12. The summed E-state index contributed by atoms with van der Waals surface area (Å²) in [5.74, 6) is -2.92. The smallest absolute Gasteiger partial charge is 0.369 e. The zero-order chi connectivity index (χ0) is 24.3. The van der Waals surface area contributed by atoms with E-state index in [0.29, 0.717) is 29.1 Å². The predicted molar refractivity (Wildman–Crippen MR) is 106 cm³/mol. The Morgan fingerprint density at radius 1 is 1.31 bits per heavy atom. The van der Waals surface area contributed by atoms with Crippen molar-refractivity contribution in [2.75, 3.05) is 6.54 Å². The summed E-state index contributed by atoms with van der Waals surface area (Å²) in [6.45, 7) is 3.08. The van der Waals surface area contributed by atoms with Gasteiger partial charge in [0, 0.05) is 24.6 Å². The van der Waals surface area contributed by atoms with Gasteiger partial charge in [-0.05, 0) is 38.3 Å². The van der Waals surface area contributed by atoms with E-state index in [-0.39, 0.29) is 25.4 Å². The molecule has 1 aliphatic heterocycles. The monoisotopic (exact) mass is 478 g/mol. The third-order valence-electron chi connectivity index (χ3n) is 5.26. The highest BCUT2D eigenvalue weighted by Gasteiger charge is 2.41. The maximum atomic E-state index is 13.2. The molecule has 13 heteroatoms. The summed E-state index contributed by atoms with van der Waals surface area (Å²) in [6, 6.07) is -0.274. The normalized spacial score (nSPS) is 21.0. The summed E-state index contributed by atoms with van der Waals surface area (Å²) in [6.07, 6.45) is -4.43. The second-order valence-corrected chi connectivity index (χ2v) is 9.52. The number of Topliss-reactive ketones (excluding diaryl/α,β-unsaturated/α-hetero) is 1. The molecule has 2 heterocycles. The van der Waals surface area contributed by atoms with Crippen LogP contribution in [0.1, 0.15) is 45.1 Å². The van der Waals surface area contributed by atoms with Crippen LogP contribution in [0.4, 0.5) is 13.2 Å². The van der Waals surface area contributed by atoms with Crippen molar-refractivity contribution in [3.63, 3.8) is 0 Å². The molecule has 178 valence electrons. The van der Waals surface area contributed by atoms with Gasteiger partial charge in [-0.2, -0.15) is 21.6 Å². The average molecular weight is 478 g/mol. The van der Waals surface area contributed by atoms with Crippen LogP contribution in [0.2, 0.25) is 0 Å². The van der Waals surface area contributed by atoms with Crippen LogP contribution in [0.3, 0.4) is 0 Å². The zero-order valence-electron chi connectivity index (χ0n) is 17.6. The number of ketones is 1. The van der Waals surface area contributed by atoms with E-state index in [0.717, 1.165) is 0 Å². The van der Waals surface area contributed by atoms with Gasteiger partial charge in [-0.15, -0.1) is 0 Å². The van der Waals surface area contributed by atoms with Gasteiger partial charge in [0.1, 0.15) is 6.04 Å². The maximum Gasteiger partial charge on any atom is 0.417 e. The number of carbonyl (C=O) groups is 3. The fourth-order valence-electron chi connectivity index (χ4n) is 3.18. The molecule has 0 radical (unpaired) electrons. The molecule has 2 rings (SSSR count). The van der Waals surface area contributed by atoms with Crippen LogP contribution < -0.4 is 11.1 Å². The molecule has 1 aromatic rings.